The Bertz CT molecular complexity index is 675. The minimum Gasteiger partial charge on any atom is -0.357 e. The van der Waals surface area contributed by atoms with E-state index in [4.69, 9.17) is 11.6 Å². The van der Waals surface area contributed by atoms with Gasteiger partial charge in [-0.2, -0.15) is 0 Å². The fraction of sp³-hybridized carbons (Fsp3) is 0.312. The molecule has 0 aliphatic rings. The molecule has 0 radical (unpaired) electrons. The maximum absolute atomic E-state index is 12.2. The van der Waals surface area contributed by atoms with Gasteiger partial charge in [0, 0.05) is 11.6 Å². The zero-order valence-corrected chi connectivity index (χ0v) is 15.7. The van der Waals surface area contributed by atoms with Gasteiger partial charge in [-0.15, -0.1) is 16.8 Å². The zero-order chi connectivity index (χ0) is 17.4. The zero-order valence-electron chi connectivity index (χ0n) is 13.3. The lowest BCUT2D eigenvalue weighted by molar-refractivity contribution is -0.119. The monoisotopic (exact) mass is 382 g/mol. The molecule has 2 aromatic rings. The number of nitrogens with one attached hydrogen (secondary N) is 2. The number of carbonyl (C=O) groups is 1. The van der Waals surface area contributed by atoms with Crippen LogP contribution in [0.25, 0.3) is 0 Å². The van der Waals surface area contributed by atoms with Crippen LogP contribution in [0.15, 0.2) is 41.3 Å². The third kappa shape index (κ3) is 5.81. The van der Waals surface area contributed by atoms with Gasteiger partial charge in [-0.1, -0.05) is 59.8 Å². The summed E-state index contributed by atoms with van der Waals surface area (Å²) in [5.41, 5.74) is 1.05. The molecule has 8 heteroatoms. The highest BCUT2D eigenvalue weighted by Gasteiger charge is 2.14. The van der Waals surface area contributed by atoms with Gasteiger partial charge in [0.05, 0.1) is 11.8 Å². The van der Waals surface area contributed by atoms with E-state index in [9.17, 15) is 4.79 Å². The molecule has 0 saturated heterocycles. The van der Waals surface area contributed by atoms with Gasteiger partial charge in [0.25, 0.3) is 0 Å². The van der Waals surface area contributed by atoms with Crippen molar-refractivity contribution in [3.8, 4) is 0 Å². The minimum atomic E-state index is -0.0300. The van der Waals surface area contributed by atoms with E-state index >= 15 is 0 Å². The second-order valence-corrected chi connectivity index (χ2v) is 7.55. The molecular weight excluding hydrogens is 364 g/mol. The van der Waals surface area contributed by atoms with Crippen LogP contribution in [0.1, 0.15) is 24.9 Å². The van der Waals surface area contributed by atoms with Crippen molar-refractivity contribution < 1.29 is 4.79 Å². The van der Waals surface area contributed by atoms with E-state index in [2.05, 4.69) is 27.4 Å². The molecule has 0 aliphatic carbocycles. The SMILES string of the molecule is C=CCNc1nnc(SCC(=O)NC(CC)c2ccc(Cl)cc2)s1. The maximum atomic E-state index is 12.2. The first-order chi connectivity index (χ1) is 11.6. The molecule has 1 aromatic carbocycles. The van der Waals surface area contributed by atoms with E-state index < -0.39 is 0 Å². The number of amides is 1. The van der Waals surface area contributed by atoms with Gasteiger partial charge in [-0.25, -0.2) is 0 Å². The number of aromatic nitrogens is 2. The van der Waals surface area contributed by atoms with Gasteiger partial charge in [-0.05, 0) is 24.1 Å². The van der Waals surface area contributed by atoms with Crippen LogP contribution in [0.3, 0.4) is 0 Å². The molecule has 1 aromatic heterocycles. The molecule has 0 fully saturated rings. The predicted octanol–water partition coefficient (Wildman–Crippen LogP) is 4.15. The fourth-order valence-electron chi connectivity index (χ4n) is 1.98. The Hall–Kier alpha value is -1.57. The number of carbonyl (C=O) groups excluding carboxylic acids is 1. The van der Waals surface area contributed by atoms with Crippen LogP contribution >= 0.6 is 34.7 Å². The summed E-state index contributed by atoms with van der Waals surface area (Å²) < 4.78 is 0.760. The Balaban J connectivity index is 1.84. The third-order valence-electron chi connectivity index (χ3n) is 3.15. The summed E-state index contributed by atoms with van der Waals surface area (Å²) in [4.78, 5) is 12.2. The van der Waals surface area contributed by atoms with Crippen molar-refractivity contribution in [3.63, 3.8) is 0 Å². The highest BCUT2D eigenvalue weighted by atomic mass is 35.5. The summed E-state index contributed by atoms with van der Waals surface area (Å²) in [6.45, 7) is 6.31. The highest BCUT2D eigenvalue weighted by molar-refractivity contribution is 8.01. The standard InChI is InChI=1S/C16H19ClN4OS2/c1-3-9-18-15-20-21-16(24-15)23-10-14(22)19-13(4-2)11-5-7-12(17)8-6-11/h3,5-8,13H,1,4,9-10H2,2H3,(H,18,20)(H,19,22). The van der Waals surface area contributed by atoms with Crippen molar-refractivity contribution in [2.75, 3.05) is 17.6 Å². The van der Waals surface area contributed by atoms with Crippen LogP contribution in [-0.2, 0) is 4.79 Å². The van der Waals surface area contributed by atoms with Crippen LogP contribution in [0, 0.1) is 0 Å². The Morgan fingerprint density at radius 3 is 2.83 bits per heavy atom. The minimum absolute atomic E-state index is 0.0189. The van der Waals surface area contributed by atoms with Crippen molar-refractivity contribution in [2.45, 2.75) is 23.7 Å². The Labute approximate surface area is 154 Å². The van der Waals surface area contributed by atoms with Crippen molar-refractivity contribution in [1.29, 1.82) is 0 Å². The van der Waals surface area contributed by atoms with E-state index in [1.54, 1.807) is 6.08 Å². The summed E-state index contributed by atoms with van der Waals surface area (Å²) in [5.74, 6) is 0.276. The normalized spacial score (nSPS) is 11.8. The third-order valence-corrected chi connectivity index (χ3v) is 5.41. The largest absolute Gasteiger partial charge is 0.357 e. The quantitative estimate of drug-likeness (QED) is 0.503. The van der Waals surface area contributed by atoms with Crippen molar-refractivity contribution in [1.82, 2.24) is 15.5 Å². The van der Waals surface area contributed by atoms with Gasteiger partial charge < -0.3 is 10.6 Å². The average molecular weight is 383 g/mol. The highest BCUT2D eigenvalue weighted by Crippen LogP contribution is 2.25. The van der Waals surface area contributed by atoms with Gasteiger partial charge in [0.15, 0.2) is 4.34 Å². The first-order valence-corrected chi connectivity index (χ1v) is 9.66. The molecule has 128 valence electrons. The lowest BCUT2D eigenvalue weighted by atomic mass is 10.0. The van der Waals surface area contributed by atoms with Gasteiger partial charge >= 0.3 is 0 Å². The van der Waals surface area contributed by atoms with Crippen LogP contribution < -0.4 is 10.6 Å². The predicted molar refractivity (Wildman–Crippen MR) is 102 cm³/mol. The number of hydrogen-bond donors (Lipinski definition) is 2. The first kappa shape index (κ1) is 18.8. The Morgan fingerprint density at radius 1 is 1.42 bits per heavy atom. The number of halogens is 1. The molecule has 1 unspecified atom stereocenters. The molecule has 1 heterocycles. The lowest BCUT2D eigenvalue weighted by Crippen LogP contribution is -2.29. The van der Waals surface area contributed by atoms with Crippen LogP contribution in [-0.4, -0.2) is 28.4 Å². The molecule has 0 bridgehead atoms. The van der Waals surface area contributed by atoms with Crippen molar-refractivity contribution >= 4 is 45.7 Å². The van der Waals surface area contributed by atoms with Crippen molar-refractivity contribution in [3.05, 3.63) is 47.5 Å². The number of rotatable bonds is 9. The van der Waals surface area contributed by atoms with Gasteiger partial charge in [-0.3, -0.25) is 4.79 Å². The van der Waals surface area contributed by atoms with E-state index in [0.29, 0.717) is 17.3 Å². The Kier molecular flexibility index (Phi) is 7.55. The van der Waals surface area contributed by atoms with E-state index in [1.807, 2.05) is 31.2 Å². The molecular formula is C16H19ClN4OS2. The fourth-order valence-corrected chi connectivity index (χ4v) is 3.67. The topological polar surface area (TPSA) is 66.9 Å². The number of nitrogens with zero attached hydrogens (tertiary/aromatic N) is 2. The number of benzene rings is 1. The smallest absolute Gasteiger partial charge is 0.230 e. The van der Waals surface area contributed by atoms with E-state index in [-0.39, 0.29) is 11.9 Å². The summed E-state index contributed by atoms with van der Waals surface area (Å²) >= 11 is 8.71. The average Bonchev–Trinajstić information content (AvgIpc) is 3.05. The molecule has 1 atom stereocenters. The molecule has 5 nitrogen and oxygen atoms in total. The molecule has 0 saturated carbocycles. The summed E-state index contributed by atoms with van der Waals surface area (Å²) in [6, 6.07) is 7.52. The second-order valence-electron chi connectivity index (χ2n) is 4.91. The summed E-state index contributed by atoms with van der Waals surface area (Å²) in [6.07, 6.45) is 2.57. The Morgan fingerprint density at radius 2 is 2.17 bits per heavy atom. The van der Waals surface area contributed by atoms with Gasteiger partial charge in [0.2, 0.25) is 11.0 Å². The number of thioether (sulfide) groups is 1. The molecule has 24 heavy (non-hydrogen) atoms. The van der Waals surface area contributed by atoms with Crippen molar-refractivity contribution in [2.24, 2.45) is 0 Å². The van der Waals surface area contributed by atoms with Crippen LogP contribution in [0.5, 0.6) is 0 Å². The number of hydrogen-bond acceptors (Lipinski definition) is 6. The number of anilines is 1. The first-order valence-electron chi connectivity index (χ1n) is 7.48. The maximum Gasteiger partial charge on any atom is 0.230 e. The van der Waals surface area contributed by atoms with E-state index in [1.165, 1.54) is 23.1 Å². The molecule has 0 spiro atoms. The second kappa shape index (κ2) is 9.66. The molecule has 2 N–H and O–H groups in total. The lowest BCUT2D eigenvalue weighted by Gasteiger charge is -2.17. The van der Waals surface area contributed by atoms with Crippen LogP contribution in [0.4, 0.5) is 5.13 Å². The molecule has 0 aliphatic heterocycles. The van der Waals surface area contributed by atoms with Gasteiger partial charge in [0.1, 0.15) is 0 Å². The van der Waals surface area contributed by atoms with E-state index in [0.717, 1.165) is 21.5 Å². The summed E-state index contributed by atoms with van der Waals surface area (Å²) in [7, 11) is 0. The summed E-state index contributed by atoms with van der Waals surface area (Å²) in [5, 5.41) is 15.6. The van der Waals surface area contributed by atoms with Crippen LogP contribution in [0.2, 0.25) is 5.02 Å². The molecule has 1 amide bonds. The molecule has 2 rings (SSSR count).